The van der Waals surface area contributed by atoms with Gasteiger partial charge in [-0.2, -0.15) is 13.2 Å². The maximum Gasteiger partial charge on any atom is 0.417 e. The number of anilines is 1. The van der Waals surface area contributed by atoms with Gasteiger partial charge in [-0.1, -0.05) is 0 Å². The maximum absolute atomic E-state index is 13.0. The van der Waals surface area contributed by atoms with Gasteiger partial charge in [-0.3, -0.25) is 4.79 Å². The van der Waals surface area contributed by atoms with Crippen LogP contribution in [-0.4, -0.2) is 46.4 Å². The number of aromatic nitrogens is 2. The Labute approximate surface area is 124 Å². The lowest BCUT2D eigenvalue weighted by Crippen LogP contribution is -2.48. The Hall–Kier alpha value is -2.25. The van der Waals surface area contributed by atoms with Crippen LogP contribution in [0.5, 0.6) is 0 Å². The number of hydrogen-bond donors (Lipinski definition) is 0. The first kappa shape index (κ1) is 14.7. The highest BCUT2D eigenvalue weighted by Crippen LogP contribution is 2.34. The monoisotopic (exact) mass is 312 g/mol. The zero-order valence-electron chi connectivity index (χ0n) is 12.0. The summed E-state index contributed by atoms with van der Waals surface area (Å²) in [5.41, 5.74) is 0.418. The molecule has 8 heteroatoms. The topological polar surface area (TPSA) is 40.9 Å². The summed E-state index contributed by atoms with van der Waals surface area (Å²) in [6.07, 6.45) is -0.460. The molecule has 3 heterocycles. The van der Waals surface area contributed by atoms with E-state index in [4.69, 9.17) is 0 Å². The van der Waals surface area contributed by atoms with Crippen LogP contribution in [0.25, 0.3) is 5.52 Å². The van der Waals surface area contributed by atoms with Crippen LogP contribution in [0.1, 0.15) is 12.5 Å². The molecule has 1 aliphatic heterocycles. The first-order valence-electron chi connectivity index (χ1n) is 6.89. The van der Waals surface area contributed by atoms with Crippen LogP contribution < -0.4 is 4.90 Å². The fourth-order valence-corrected chi connectivity index (χ4v) is 2.68. The van der Waals surface area contributed by atoms with Gasteiger partial charge in [0.15, 0.2) is 0 Å². The lowest BCUT2D eigenvalue weighted by atomic mass is 10.2. The molecule has 3 rings (SSSR count). The van der Waals surface area contributed by atoms with Crippen molar-refractivity contribution in [2.45, 2.75) is 13.1 Å². The van der Waals surface area contributed by atoms with Gasteiger partial charge >= 0.3 is 6.18 Å². The van der Waals surface area contributed by atoms with E-state index in [0.29, 0.717) is 37.4 Å². The highest BCUT2D eigenvalue weighted by molar-refractivity contribution is 5.75. The van der Waals surface area contributed by atoms with Crippen molar-refractivity contribution in [2.24, 2.45) is 0 Å². The quantitative estimate of drug-likeness (QED) is 0.809. The molecule has 0 aliphatic carbocycles. The third kappa shape index (κ3) is 2.60. The minimum absolute atomic E-state index is 0.0156. The van der Waals surface area contributed by atoms with Crippen molar-refractivity contribution in [3.8, 4) is 0 Å². The van der Waals surface area contributed by atoms with Crippen LogP contribution in [0.3, 0.4) is 0 Å². The van der Waals surface area contributed by atoms with E-state index in [9.17, 15) is 18.0 Å². The molecule has 0 unspecified atom stereocenters. The van der Waals surface area contributed by atoms with Gasteiger partial charge in [0.05, 0.1) is 29.3 Å². The molecule has 5 nitrogen and oxygen atoms in total. The number of pyridine rings is 1. The molecule has 0 spiro atoms. The first-order chi connectivity index (χ1) is 10.4. The van der Waals surface area contributed by atoms with Gasteiger partial charge in [0.2, 0.25) is 5.91 Å². The summed E-state index contributed by atoms with van der Waals surface area (Å²) in [6.45, 7) is 3.51. The van der Waals surface area contributed by atoms with Gasteiger partial charge in [0.1, 0.15) is 0 Å². The lowest BCUT2D eigenvalue weighted by Gasteiger charge is -2.36. The van der Waals surface area contributed by atoms with Crippen molar-refractivity contribution >= 4 is 17.1 Å². The summed E-state index contributed by atoms with van der Waals surface area (Å²) in [5, 5.41) is 0. The second kappa shape index (κ2) is 5.19. The Morgan fingerprint density at radius 2 is 1.91 bits per heavy atom. The van der Waals surface area contributed by atoms with E-state index in [1.54, 1.807) is 11.1 Å². The average Bonchev–Trinajstić information content (AvgIpc) is 2.93. The average molecular weight is 312 g/mol. The normalized spacial score (nSPS) is 16.4. The molecular weight excluding hydrogens is 297 g/mol. The molecule has 0 atom stereocenters. The number of carbonyl (C=O) groups excluding carboxylic acids is 1. The van der Waals surface area contributed by atoms with Gasteiger partial charge in [-0.15, -0.1) is 0 Å². The van der Waals surface area contributed by atoms with E-state index in [-0.39, 0.29) is 5.91 Å². The van der Waals surface area contributed by atoms with E-state index in [1.807, 2.05) is 4.90 Å². The van der Waals surface area contributed by atoms with Crippen LogP contribution in [0.4, 0.5) is 18.9 Å². The van der Waals surface area contributed by atoms with E-state index >= 15 is 0 Å². The maximum atomic E-state index is 13.0. The number of amides is 1. The zero-order chi connectivity index (χ0) is 15.9. The second-order valence-electron chi connectivity index (χ2n) is 5.29. The minimum Gasteiger partial charge on any atom is -0.366 e. The van der Waals surface area contributed by atoms with Gasteiger partial charge in [-0.05, 0) is 6.07 Å². The zero-order valence-corrected chi connectivity index (χ0v) is 12.0. The number of halogens is 3. The van der Waals surface area contributed by atoms with E-state index in [2.05, 4.69) is 4.98 Å². The highest BCUT2D eigenvalue weighted by atomic mass is 19.4. The van der Waals surface area contributed by atoms with Gasteiger partial charge in [0.25, 0.3) is 0 Å². The number of piperazine rings is 1. The van der Waals surface area contributed by atoms with Gasteiger partial charge in [0, 0.05) is 39.3 Å². The van der Waals surface area contributed by atoms with E-state index < -0.39 is 11.7 Å². The lowest BCUT2D eigenvalue weighted by molar-refractivity contribution is -0.137. The number of imidazole rings is 1. The van der Waals surface area contributed by atoms with Crippen molar-refractivity contribution in [2.75, 3.05) is 31.1 Å². The summed E-state index contributed by atoms with van der Waals surface area (Å²) < 4.78 is 40.5. The molecule has 2 aromatic heterocycles. The Kier molecular flexibility index (Phi) is 3.46. The molecule has 22 heavy (non-hydrogen) atoms. The van der Waals surface area contributed by atoms with Crippen molar-refractivity contribution in [3.63, 3.8) is 0 Å². The standard InChI is InChI=1S/C14H15F3N4O/c1-10(22)19-2-4-20(5-3-19)12-6-11(14(15,16)17)8-21-9-18-7-13(12)21/h6-9H,2-5H2,1H3. The van der Waals surface area contributed by atoms with Crippen molar-refractivity contribution in [1.29, 1.82) is 0 Å². The fraction of sp³-hybridized carbons (Fsp3) is 0.429. The largest absolute Gasteiger partial charge is 0.417 e. The first-order valence-corrected chi connectivity index (χ1v) is 6.89. The van der Waals surface area contributed by atoms with Crippen molar-refractivity contribution in [1.82, 2.24) is 14.3 Å². The summed E-state index contributed by atoms with van der Waals surface area (Å²) >= 11 is 0. The van der Waals surface area contributed by atoms with Crippen molar-refractivity contribution < 1.29 is 18.0 Å². The number of rotatable bonds is 1. The Morgan fingerprint density at radius 3 is 2.50 bits per heavy atom. The van der Waals surface area contributed by atoms with Crippen LogP contribution in [0, 0.1) is 0 Å². The molecule has 118 valence electrons. The Bertz CT molecular complexity index is 702. The summed E-state index contributed by atoms with van der Waals surface area (Å²) in [7, 11) is 0. The number of carbonyl (C=O) groups is 1. The van der Waals surface area contributed by atoms with Crippen molar-refractivity contribution in [3.05, 3.63) is 30.4 Å². The highest BCUT2D eigenvalue weighted by Gasteiger charge is 2.32. The summed E-state index contributed by atoms with van der Waals surface area (Å²) in [5.74, 6) is -0.0156. The fourth-order valence-electron chi connectivity index (χ4n) is 2.68. The van der Waals surface area contributed by atoms with Crippen LogP contribution in [0.15, 0.2) is 24.8 Å². The van der Waals surface area contributed by atoms with Gasteiger partial charge in [-0.25, -0.2) is 4.98 Å². The number of nitrogens with zero attached hydrogens (tertiary/aromatic N) is 4. The summed E-state index contributed by atoms with van der Waals surface area (Å²) in [6, 6.07) is 1.15. The number of hydrogen-bond acceptors (Lipinski definition) is 3. The third-order valence-electron chi connectivity index (χ3n) is 3.89. The minimum atomic E-state index is -4.41. The summed E-state index contributed by atoms with van der Waals surface area (Å²) in [4.78, 5) is 18.8. The van der Waals surface area contributed by atoms with Crippen LogP contribution >= 0.6 is 0 Å². The molecule has 1 fully saturated rings. The molecule has 0 bridgehead atoms. The van der Waals surface area contributed by atoms with E-state index in [0.717, 1.165) is 12.3 Å². The van der Waals surface area contributed by atoms with Crippen LogP contribution in [0.2, 0.25) is 0 Å². The number of fused-ring (bicyclic) bond motifs is 1. The molecule has 0 saturated carbocycles. The Morgan fingerprint density at radius 1 is 1.23 bits per heavy atom. The molecule has 0 aromatic carbocycles. The molecule has 0 radical (unpaired) electrons. The number of alkyl halides is 3. The second-order valence-corrected chi connectivity index (χ2v) is 5.29. The SMILES string of the molecule is CC(=O)N1CCN(c2cc(C(F)(F)F)cn3cncc23)CC1. The molecule has 1 aliphatic rings. The molecule has 1 saturated heterocycles. The molecular formula is C14H15F3N4O. The molecule has 1 amide bonds. The van der Waals surface area contributed by atoms with E-state index in [1.165, 1.54) is 17.7 Å². The van der Waals surface area contributed by atoms with Gasteiger partial charge < -0.3 is 14.2 Å². The smallest absolute Gasteiger partial charge is 0.366 e. The van der Waals surface area contributed by atoms with Crippen LogP contribution in [-0.2, 0) is 11.0 Å². The Balaban J connectivity index is 1.96. The predicted octanol–water partition coefficient (Wildman–Crippen LogP) is 2.02. The third-order valence-corrected chi connectivity index (χ3v) is 3.89. The molecule has 2 aromatic rings. The molecule has 0 N–H and O–H groups in total. The predicted molar refractivity (Wildman–Crippen MR) is 74.7 cm³/mol.